The fourth-order valence-corrected chi connectivity index (χ4v) is 3.91. The number of rotatable bonds is 7. The Morgan fingerprint density at radius 2 is 1.93 bits per heavy atom. The molecule has 7 nitrogen and oxygen atoms in total. The molecule has 0 saturated carbocycles. The van der Waals surface area contributed by atoms with Crippen molar-refractivity contribution in [2.24, 2.45) is 0 Å². The topological polar surface area (TPSA) is 81.1 Å². The molecule has 1 aliphatic heterocycles. The SMILES string of the molecule is COc1cc(C(=O)N2CCC(CCO)(c3cccnc3)C2)cc(OC)c1OC. The van der Waals surface area contributed by atoms with Crippen molar-refractivity contribution in [3.8, 4) is 17.2 Å². The number of pyridine rings is 1. The zero-order valence-electron chi connectivity index (χ0n) is 16.5. The van der Waals surface area contributed by atoms with E-state index in [0.717, 1.165) is 12.0 Å². The van der Waals surface area contributed by atoms with Crippen LogP contribution in [0.2, 0.25) is 0 Å². The number of aliphatic hydroxyl groups excluding tert-OH is 1. The third kappa shape index (κ3) is 3.62. The molecule has 1 N–H and O–H groups in total. The van der Waals surface area contributed by atoms with Gasteiger partial charge in [0.25, 0.3) is 5.91 Å². The number of ether oxygens (including phenoxy) is 3. The Morgan fingerprint density at radius 1 is 1.21 bits per heavy atom. The average molecular weight is 386 g/mol. The Morgan fingerprint density at radius 3 is 2.46 bits per heavy atom. The summed E-state index contributed by atoms with van der Waals surface area (Å²) in [6, 6.07) is 7.23. The molecule has 2 heterocycles. The van der Waals surface area contributed by atoms with E-state index in [1.54, 1.807) is 18.3 Å². The summed E-state index contributed by atoms with van der Waals surface area (Å²) in [5, 5.41) is 9.62. The van der Waals surface area contributed by atoms with Gasteiger partial charge in [0, 0.05) is 43.1 Å². The van der Waals surface area contributed by atoms with E-state index in [9.17, 15) is 9.90 Å². The first-order chi connectivity index (χ1) is 13.6. The molecular weight excluding hydrogens is 360 g/mol. The Bertz CT molecular complexity index is 802. The molecule has 1 amide bonds. The number of carbonyl (C=O) groups is 1. The van der Waals surface area contributed by atoms with Gasteiger partial charge in [-0.25, -0.2) is 0 Å². The van der Waals surface area contributed by atoms with Gasteiger partial charge in [0.15, 0.2) is 11.5 Å². The second kappa shape index (κ2) is 8.48. The predicted octanol–water partition coefficient (Wildman–Crippen LogP) is 2.27. The van der Waals surface area contributed by atoms with Gasteiger partial charge in [-0.3, -0.25) is 9.78 Å². The van der Waals surface area contributed by atoms with Gasteiger partial charge in [-0.2, -0.15) is 0 Å². The molecule has 1 fully saturated rings. The van der Waals surface area contributed by atoms with Crippen LogP contribution >= 0.6 is 0 Å². The van der Waals surface area contributed by atoms with Crippen LogP contribution in [0.15, 0.2) is 36.7 Å². The highest BCUT2D eigenvalue weighted by atomic mass is 16.5. The van der Waals surface area contributed by atoms with Crippen molar-refractivity contribution in [2.75, 3.05) is 41.0 Å². The van der Waals surface area contributed by atoms with E-state index in [1.807, 2.05) is 23.2 Å². The van der Waals surface area contributed by atoms with Crippen molar-refractivity contribution in [1.29, 1.82) is 0 Å². The lowest BCUT2D eigenvalue weighted by molar-refractivity contribution is 0.0778. The highest BCUT2D eigenvalue weighted by Crippen LogP contribution is 2.41. The fourth-order valence-electron chi connectivity index (χ4n) is 3.91. The zero-order valence-corrected chi connectivity index (χ0v) is 16.5. The monoisotopic (exact) mass is 386 g/mol. The number of amides is 1. The van der Waals surface area contributed by atoms with Crippen LogP contribution in [-0.4, -0.2) is 61.9 Å². The number of nitrogens with zero attached hydrogens (tertiary/aromatic N) is 2. The molecule has 1 aromatic heterocycles. The lowest BCUT2D eigenvalue weighted by atomic mass is 9.78. The van der Waals surface area contributed by atoms with Crippen LogP contribution in [0.25, 0.3) is 0 Å². The van der Waals surface area contributed by atoms with Gasteiger partial charge in [-0.1, -0.05) is 6.07 Å². The summed E-state index contributed by atoms with van der Waals surface area (Å²) in [7, 11) is 4.58. The number of aromatic nitrogens is 1. The van der Waals surface area contributed by atoms with Crippen LogP contribution < -0.4 is 14.2 Å². The maximum atomic E-state index is 13.2. The Balaban J connectivity index is 1.90. The number of hydrogen-bond donors (Lipinski definition) is 1. The molecule has 0 bridgehead atoms. The summed E-state index contributed by atoms with van der Waals surface area (Å²) in [6.45, 7) is 1.18. The smallest absolute Gasteiger partial charge is 0.254 e. The standard InChI is InChI=1S/C21H26N2O5/c1-26-17-11-15(12-18(27-2)19(17)28-3)20(25)23-9-6-21(14-23,7-10-24)16-5-4-8-22-13-16/h4-5,8,11-13,24H,6-7,9-10,14H2,1-3H3. The maximum absolute atomic E-state index is 13.2. The highest BCUT2D eigenvalue weighted by Gasteiger charge is 2.41. The first-order valence-corrected chi connectivity index (χ1v) is 9.19. The van der Waals surface area contributed by atoms with Crippen molar-refractivity contribution >= 4 is 5.91 Å². The van der Waals surface area contributed by atoms with Crippen LogP contribution in [0.4, 0.5) is 0 Å². The van der Waals surface area contributed by atoms with E-state index in [1.165, 1.54) is 21.3 Å². The molecule has 0 aliphatic carbocycles. The van der Waals surface area contributed by atoms with E-state index in [0.29, 0.717) is 42.3 Å². The maximum Gasteiger partial charge on any atom is 0.254 e. The third-order valence-electron chi connectivity index (χ3n) is 5.42. The summed E-state index contributed by atoms with van der Waals surface area (Å²) in [6.07, 6.45) is 4.90. The first kappa shape index (κ1) is 19.9. The predicted molar refractivity (Wildman–Crippen MR) is 104 cm³/mol. The summed E-state index contributed by atoms with van der Waals surface area (Å²) in [5.41, 5.74) is 1.23. The molecule has 7 heteroatoms. The molecular formula is C21H26N2O5. The Hall–Kier alpha value is -2.80. The van der Waals surface area contributed by atoms with Crippen molar-refractivity contribution in [3.63, 3.8) is 0 Å². The van der Waals surface area contributed by atoms with Crippen LogP contribution in [0.5, 0.6) is 17.2 Å². The molecule has 1 saturated heterocycles. The van der Waals surface area contributed by atoms with Crippen molar-refractivity contribution in [2.45, 2.75) is 18.3 Å². The van der Waals surface area contributed by atoms with Crippen molar-refractivity contribution in [3.05, 3.63) is 47.8 Å². The van der Waals surface area contributed by atoms with Gasteiger partial charge in [0.2, 0.25) is 5.75 Å². The average Bonchev–Trinajstić information content (AvgIpc) is 3.18. The van der Waals surface area contributed by atoms with Crippen LogP contribution in [0.3, 0.4) is 0 Å². The van der Waals surface area contributed by atoms with Crippen LogP contribution in [0.1, 0.15) is 28.8 Å². The molecule has 1 aliphatic rings. The minimum atomic E-state index is -0.292. The van der Waals surface area contributed by atoms with Gasteiger partial charge >= 0.3 is 0 Å². The normalized spacial score (nSPS) is 18.8. The van der Waals surface area contributed by atoms with Gasteiger partial charge in [-0.05, 0) is 36.6 Å². The van der Waals surface area contributed by atoms with Gasteiger partial charge in [-0.15, -0.1) is 0 Å². The molecule has 3 rings (SSSR count). The van der Waals surface area contributed by atoms with Crippen LogP contribution in [-0.2, 0) is 5.41 Å². The molecule has 1 atom stereocenters. The molecule has 150 valence electrons. The lowest BCUT2D eigenvalue weighted by Crippen LogP contribution is -2.35. The second-order valence-corrected chi connectivity index (χ2v) is 6.89. The van der Waals surface area contributed by atoms with E-state index < -0.39 is 0 Å². The fraction of sp³-hybridized carbons (Fsp3) is 0.429. The summed E-state index contributed by atoms with van der Waals surface area (Å²) in [5.74, 6) is 1.23. The minimum Gasteiger partial charge on any atom is -0.493 e. The van der Waals surface area contributed by atoms with Crippen molar-refractivity contribution < 1.29 is 24.1 Å². The number of hydrogen-bond acceptors (Lipinski definition) is 6. The summed E-state index contributed by atoms with van der Waals surface area (Å²) in [4.78, 5) is 19.2. The number of likely N-dealkylation sites (tertiary alicyclic amines) is 1. The second-order valence-electron chi connectivity index (χ2n) is 6.89. The van der Waals surface area contributed by atoms with Gasteiger partial charge in [0.1, 0.15) is 0 Å². The van der Waals surface area contributed by atoms with Gasteiger partial charge in [0.05, 0.1) is 21.3 Å². The summed E-state index contributed by atoms with van der Waals surface area (Å²) < 4.78 is 16.1. The molecule has 1 aromatic carbocycles. The van der Waals surface area contributed by atoms with E-state index in [4.69, 9.17) is 14.2 Å². The molecule has 0 radical (unpaired) electrons. The van der Waals surface area contributed by atoms with Crippen LogP contribution in [0, 0.1) is 0 Å². The first-order valence-electron chi connectivity index (χ1n) is 9.19. The molecule has 2 aromatic rings. The Kier molecular flexibility index (Phi) is 6.04. The zero-order chi connectivity index (χ0) is 20.1. The molecule has 0 spiro atoms. The molecule has 1 unspecified atom stereocenters. The number of aliphatic hydroxyl groups is 1. The van der Waals surface area contributed by atoms with E-state index >= 15 is 0 Å². The minimum absolute atomic E-state index is 0.0567. The van der Waals surface area contributed by atoms with E-state index in [2.05, 4.69) is 4.98 Å². The molecule has 28 heavy (non-hydrogen) atoms. The third-order valence-corrected chi connectivity index (χ3v) is 5.42. The van der Waals surface area contributed by atoms with Crippen molar-refractivity contribution in [1.82, 2.24) is 9.88 Å². The largest absolute Gasteiger partial charge is 0.493 e. The quantitative estimate of drug-likeness (QED) is 0.786. The number of methoxy groups -OCH3 is 3. The summed E-state index contributed by atoms with van der Waals surface area (Å²) >= 11 is 0. The highest BCUT2D eigenvalue weighted by molar-refractivity contribution is 5.96. The number of carbonyl (C=O) groups excluding carboxylic acids is 1. The number of benzene rings is 1. The van der Waals surface area contributed by atoms with E-state index in [-0.39, 0.29) is 17.9 Å². The Labute approximate surface area is 164 Å². The van der Waals surface area contributed by atoms with Gasteiger partial charge < -0.3 is 24.2 Å². The lowest BCUT2D eigenvalue weighted by Gasteiger charge is -2.29.